The van der Waals surface area contributed by atoms with E-state index in [2.05, 4.69) is 0 Å². The minimum Gasteiger partial charge on any atom is -0.628 e. The lowest BCUT2D eigenvalue weighted by molar-refractivity contribution is -0.867. The van der Waals surface area contributed by atoms with Crippen LogP contribution in [0.15, 0.2) is 11.8 Å². The molecule has 1 heterocycles. The van der Waals surface area contributed by atoms with E-state index in [-0.39, 0.29) is 0 Å². The van der Waals surface area contributed by atoms with Crippen LogP contribution >= 0.6 is 0 Å². The number of alkyl halides is 3. The molecule has 0 aromatic rings. The maximum absolute atomic E-state index is 12.1. The zero-order chi connectivity index (χ0) is 10.4. The fourth-order valence-corrected chi connectivity index (χ4v) is 1.15. The van der Waals surface area contributed by atoms with Gasteiger partial charge in [-0.15, -0.1) is 0 Å². The Kier molecular flexibility index (Phi) is 2.18. The Labute approximate surface area is 73.0 Å². The molecule has 13 heavy (non-hydrogen) atoms. The van der Waals surface area contributed by atoms with Crippen molar-refractivity contribution in [3.05, 3.63) is 17.0 Å². The molecule has 0 saturated carbocycles. The summed E-state index contributed by atoms with van der Waals surface area (Å²) in [5.74, 6) is 0. The number of halogens is 3. The van der Waals surface area contributed by atoms with Gasteiger partial charge in [-0.3, -0.25) is 0 Å². The van der Waals surface area contributed by atoms with Gasteiger partial charge in [-0.05, 0) is 13.8 Å². The van der Waals surface area contributed by atoms with Crippen LogP contribution in [0.4, 0.5) is 13.2 Å². The fraction of sp³-hybridized carbons (Fsp3) is 0.714. The highest BCUT2D eigenvalue weighted by atomic mass is 19.4. The predicted octanol–water partition coefficient (Wildman–Crippen LogP) is -0.0316. The maximum Gasteiger partial charge on any atom is 0.467 e. The topological polar surface area (TPSA) is 47.7 Å². The minimum atomic E-state index is -4.66. The molecular weight excluding hydrogens is 187 g/mol. The van der Waals surface area contributed by atoms with E-state index in [0.717, 1.165) is 0 Å². The van der Waals surface area contributed by atoms with Gasteiger partial charge in [-0.2, -0.15) is 13.2 Å². The van der Waals surface area contributed by atoms with Crippen LogP contribution in [0.1, 0.15) is 13.8 Å². The van der Waals surface area contributed by atoms with Crippen LogP contribution in [0.25, 0.3) is 0 Å². The number of allylic oxidation sites excluding steroid dienone is 1. The van der Waals surface area contributed by atoms with Crippen molar-refractivity contribution >= 4 is 0 Å². The molecule has 76 valence electrons. The van der Waals surface area contributed by atoms with Crippen molar-refractivity contribution in [3.8, 4) is 0 Å². The molecule has 0 fully saturated rings. The van der Waals surface area contributed by atoms with Gasteiger partial charge in [0.05, 0.1) is 0 Å². The highest BCUT2D eigenvalue weighted by molar-refractivity contribution is 5.13. The molecule has 2 atom stereocenters. The third-order valence-corrected chi connectivity index (χ3v) is 2.20. The average Bonchev–Trinajstić information content (AvgIpc) is 2.12. The first-order valence-corrected chi connectivity index (χ1v) is 3.69. The Bertz CT molecular complexity index is 247. The quantitative estimate of drug-likeness (QED) is 0.536. The third kappa shape index (κ3) is 1.56. The molecule has 0 saturated heterocycles. The van der Waals surface area contributed by atoms with E-state index in [0.29, 0.717) is 6.08 Å². The smallest absolute Gasteiger partial charge is 0.467 e. The zero-order valence-electron chi connectivity index (χ0n) is 7.14. The van der Waals surface area contributed by atoms with Crippen molar-refractivity contribution in [3.63, 3.8) is 0 Å². The Morgan fingerprint density at radius 3 is 2.15 bits per heavy atom. The Morgan fingerprint density at radius 1 is 1.54 bits per heavy atom. The van der Waals surface area contributed by atoms with Gasteiger partial charge in [0.2, 0.25) is 5.70 Å². The van der Waals surface area contributed by atoms with E-state index >= 15 is 0 Å². The van der Waals surface area contributed by atoms with Crippen LogP contribution in [0.3, 0.4) is 0 Å². The Morgan fingerprint density at radius 2 is 2.00 bits per heavy atom. The second kappa shape index (κ2) is 2.70. The molecule has 6 heteroatoms. The van der Waals surface area contributed by atoms with Gasteiger partial charge in [-0.1, -0.05) is 0 Å². The Balaban J connectivity index is 3.00. The lowest BCUT2D eigenvalue weighted by Crippen LogP contribution is -3.14. The first kappa shape index (κ1) is 10.5. The van der Waals surface area contributed by atoms with Crippen molar-refractivity contribution in [2.24, 2.45) is 0 Å². The molecule has 0 bridgehead atoms. The average molecular weight is 197 g/mol. The molecule has 0 radical (unpaired) electrons. The highest BCUT2D eigenvalue weighted by Gasteiger charge is 2.52. The number of aliphatic hydroxyl groups is 1. The summed E-state index contributed by atoms with van der Waals surface area (Å²) in [6.07, 6.45) is -5.44. The fourth-order valence-electron chi connectivity index (χ4n) is 1.15. The second-order valence-electron chi connectivity index (χ2n) is 3.57. The van der Waals surface area contributed by atoms with E-state index in [1.165, 1.54) is 13.8 Å². The van der Waals surface area contributed by atoms with E-state index in [1.807, 2.05) is 0 Å². The lowest BCUT2D eigenvalue weighted by Gasteiger charge is -2.35. The molecule has 0 aliphatic carbocycles. The lowest BCUT2D eigenvalue weighted by atomic mass is 10.0. The number of rotatable bonds is 0. The van der Waals surface area contributed by atoms with Crippen molar-refractivity contribution in [2.75, 3.05) is 0 Å². The van der Waals surface area contributed by atoms with Crippen molar-refractivity contribution < 1.29 is 23.3 Å². The molecule has 1 aliphatic rings. The van der Waals surface area contributed by atoms with Crippen molar-refractivity contribution in [1.82, 2.24) is 0 Å². The molecular formula is C7H10F3NO2. The van der Waals surface area contributed by atoms with Crippen LogP contribution in [0, 0.1) is 5.21 Å². The van der Waals surface area contributed by atoms with Crippen LogP contribution < -0.4 is 5.06 Å². The van der Waals surface area contributed by atoms with E-state index in [4.69, 9.17) is 5.11 Å². The molecule has 0 amide bonds. The summed E-state index contributed by atoms with van der Waals surface area (Å²) in [7, 11) is 0. The summed E-state index contributed by atoms with van der Waals surface area (Å²) < 4.78 is 36.4. The van der Waals surface area contributed by atoms with E-state index in [1.54, 1.807) is 0 Å². The summed E-state index contributed by atoms with van der Waals surface area (Å²) in [4.78, 5) is 0. The van der Waals surface area contributed by atoms with Crippen LogP contribution in [0.5, 0.6) is 0 Å². The van der Waals surface area contributed by atoms with Gasteiger partial charge < -0.3 is 15.4 Å². The Hall–Kier alpha value is -0.590. The molecule has 0 aromatic heterocycles. The van der Waals surface area contributed by atoms with E-state index < -0.39 is 28.6 Å². The standard InChI is InChI=1S/C7H10F3NO2/c1-6(2)5(12)3-4(11(6)13)7(8,9)10/h3,5,11-12H,1-2H3. The summed E-state index contributed by atoms with van der Waals surface area (Å²) in [5, 5.41) is 19.3. The number of hydrogen-bond donors (Lipinski definition) is 2. The van der Waals surface area contributed by atoms with Crippen LogP contribution in [-0.2, 0) is 0 Å². The molecule has 1 rings (SSSR count). The van der Waals surface area contributed by atoms with E-state index in [9.17, 15) is 18.4 Å². The van der Waals surface area contributed by atoms with Crippen LogP contribution in [0.2, 0.25) is 0 Å². The SMILES string of the molecule is CC1(C)C(O)C=C(C(F)(F)F)[NH+]1[O-]. The monoisotopic (exact) mass is 197 g/mol. The normalized spacial score (nSPS) is 33.3. The van der Waals surface area contributed by atoms with Crippen molar-refractivity contribution in [1.29, 1.82) is 0 Å². The van der Waals surface area contributed by atoms with Crippen LogP contribution in [-0.4, -0.2) is 22.9 Å². The molecule has 3 nitrogen and oxygen atoms in total. The summed E-state index contributed by atoms with van der Waals surface area (Å²) >= 11 is 0. The number of nitrogens with one attached hydrogen (secondary N) is 1. The largest absolute Gasteiger partial charge is 0.628 e. The maximum atomic E-state index is 12.1. The molecule has 0 aromatic carbocycles. The molecule has 1 aliphatic heterocycles. The molecule has 2 N–H and O–H groups in total. The highest BCUT2D eigenvalue weighted by Crippen LogP contribution is 2.27. The second-order valence-corrected chi connectivity index (χ2v) is 3.57. The first-order valence-electron chi connectivity index (χ1n) is 3.69. The number of hydroxylamine groups is 2. The van der Waals surface area contributed by atoms with Gasteiger partial charge >= 0.3 is 6.18 Å². The number of quaternary nitrogens is 1. The minimum absolute atomic E-state index is 0.572. The number of aliphatic hydroxyl groups excluding tert-OH is 1. The van der Waals surface area contributed by atoms with Gasteiger partial charge in [0.25, 0.3) is 0 Å². The predicted molar refractivity (Wildman–Crippen MR) is 38.6 cm³/mol. The number of hydrogen-bond acceptors (Lipinski definition) is 2. The summed E-state index contributed by atoms with van der Waals surface area (Å²) in [5.41, 5.74) is -2.60. The molecule has 0 spiro atoms. The third-order valence-electron chi connectivity index (χ3n) is 2.20. The van der Waals surface area contributed by atoms with Gasteiger partial charge in [0.1, 0.15) is 11.6 Å². The first-order chi connectivity index (χ1) is 5.67. The summed E-state index contributed by atoms with van der Waals surface area (Å²) in [6, 6.07) is 0. The zero-order valence-corrected chi connectivity index (χ0v) is 7.14. The van der Waals surface area contributed by atoms with Crippen molar-refractivity contribution in [2.45, 2.75) is 31.7 Å². The van der Waals surface area contributed by atoms with Gasteiger partial charge in [0.15, 0.2) is 0 Å². The van der Waals surface area contributed by atoms with Gasteiger partial charge in [0, 0.05) is 6.08 Å². The molecule has 2 unspecified atom stereocenters. The van der Waals surface area contributed by atoms with Gasteiger partial charge in [-0.25, -0.2) is 0 Å². The summed E-state index contributed by atoms with van der Waals surface area (Å²) in [6.45, 7) is 2.57.